The summed E-state index contributed by atoms with van der Waals surface area (Å²) in [5.41, 5.74) is 1.04. The van der Waals surface area contributed by atoms with E-state index in [0.29, 0.717) is 18.5 Å². The molecular weight excluding hydrogens is 256 g/mol. The van der Waals surface area contributed by atoms with Crippen LogP contribution in [0.5, 0.6) is 0 Å². The smallest absolute Gasteiger partial charge is 0.313 e. The molecule has 20 heavy (non-hydrogen) atoms. The Morgan fingerprint density at radius 2 is 1.75 bits per heavy atom. The van der Waals surface area contributed by atoms with Crippen molar-refractivity contribution in [2.24, 2.45) is 0 Å². The first-order chi connectivity index (χ1) is 9.54. The molecule has 1 aliphatic carbocycles. The van der Waals surface area contributed by atoms with E-state index in [2.05, 4.69) is 10.6 Å². The van der Waals surface area contributed by atoms with Crippen LogP contribution in [0.1, 0.15) is 31.2 Å². The van der Waals surface area contributed by atoms with Crippen molar-refractivity contribution >= 4 is 17.5 Å². The van der Waals surface area contributed by atoms with Crippen molar-refractivity contribution in [3.63, 3.8) is 0 Å². The lowest BCUT2D eigenvalue weighted by Crippen LogP contribution is -2.52. The van der Waals surface area contributed by atoms with Crippen LogP contribution >= 0.6 is 0 Å². The summed E-state index contributed by atoms with van der Waals surface area (Å²) in [4.78, 5) is 23.7. The largest absolute Gasteiger partial charge is 0.394 e. The Bertz CT molecular complexity index is 490. The number of hydrogen-bond donors (Lipinski definition) is 3. The summed E-state index contributed by atoms with van der Waals surface area (Å²) in [7, 11) is 0. The predicted octanol–water partition coefficient (Wildman–Crippen LogP) is 1.35. The zero-order chi connectivity index (χ0) is 14.6. The lowest BCUT2D eigenvalue weighted by Gasteiger charge is -2.27. The maximum atomic E-state index is 11.9. The summed E-state index contributed by atoms with van der Waals surface area (Å²) in [6.45, 7) is 1.82. The van der Waals surface area contributed by atoms with Crippen LogP contribution in [0.15, 0.2) is 24.3 Å². The Balaban J connectivity index is 1.95. The first-order valence-corrected chi connectivity index (χ1v) is 6.86. The van der Waals surface area contributed by atoms with E-state index in [1.807, 2.05) is 19.1 Å². The molecule has 1 aromatic rings. The molecule has 1 aromatic carbocycles. The van der Waals surface area contributed by atoms with E-state index in [4.69, 9.17) is 0 Å². The quantitative estimate of drug-likeness (QED) is 0.729. The van der Waals surface area contributed by atoms with Gasteiger partial charge in [-0.15, -0.1) is 0 Å². The van der Waals surface area contributed by atoms with Crippen LogP contribution in [-0.4, -0.2) is 29.1 Å². The fraction of sp³-hybridized carbons (Fsp3) is 0.467. The normalized spacial score (nSPS) is 16.7. The van der Waals surface area contributed by atoms with Crippen molar-refractivity contribution in [2.75, 3.05) is 11.9 Å². The van der Waals surface area contributed by atoms with E-state index < -0.39 is 17.4 Å². The molecule has 2 rings (SSSR count). The molecule has 0 aliphatic heterocycles. The van der Waals surface area contributed by atoms with Crippen LogP contribution in [0.2, 0.25) is 0 Å². The van der Waals surface area contributed by atoms with E-state index >= 15 is 0 Å². The molecule has 0 unspecified atom stereocenters. The highest BCUT2D eigenvalue weighted by Crippen LogP contribution is 2.29. The molecule has 2 amide bonds. The number of anilines is 1. The second-order valence-electron chi connectivity index (χ2n) is 5.42. The summed E-state index contributed by atoms with van der Waals surface area (Å²) in [6.07, 6.45) is 3.35. The zero-order valence-electron chi connectivity index (χ0n) is 11.6. The molecule has 1 aliphatic rings. The molecule has 0 radical (unpaired) electrons. The Kier molecular flexibility index (Phi) is 4.39. The molecule has 1 saturated carbocycles. The molecule has 5 heteroatoms. The van der Waals surface area contributed by atoms with Gasteiger partial charge in [-0.25, -0.2) is 0 Å². The van der Waals surface area contributed by atoms with Gasteiger partial charge in [-0.05, 0) is 31.9 Å². The van der Waals surface area contributed by atoms with Gasteiger partial charge in [0.25, 0.3) is 0 Å². The topological polar surface area (TPSA) is 78.4 Å². The van der Waals surface area contributed by atoms with E-state index in [9.17, 15) is 14.7 Å². The number of carbonyl (C=O) groups is 2. The third kappa shape index (κ3) is 3.36. The molecule has 0 spiro atoms. The third-order valence-electron chi connectivity index (χ3n) is 3.76. The molecule has 0 heterocycles. The van der Waals surface area contributed by atoms with Gasteiger partial charge < -0.3 is 15.7 Å². The van der Waals surface area contributed by atoms with E-state index in [-0.39, 0.29) is 6.61 Å². The lowest BCUT2D eigenvalue weighted by molar-refractivity contribution is -0.137. The van der Waals surface area contributed by atoms with Crippen molar-refractivity contribution in [3.05, 3.63) is 29.8 Å². The van der Waals surface area contributed by atoms with Crippen LogP contribution in [-0.2, 0) is 9.59 Å². The number of rotatable bonds is 3. The molecule has 108 valence electrons. The molecule has 0 atom stereocenters. The van der Waals surface area contributed by atoms with Gasteiger partial charge in [0.05, 0.1) is 12.1 Å². The van der Waals surface area contributed by atoms with Crippen molar-refractivity contribution in [1.29, 1.82) is 0 Å². The Hall–Kier alpha value is -1.88. The number of nitrogens with one attached hydrogen (secondary N) is 2. The summed E-state index contributed by atoms with van der Waals surface area (Å²) < 4.78 is 0. The van der Waals surface area contributed by atoms with Crippen molar-refractivity contribution in [2.45, 2.75) is 38.1 Å². The summed E-state index contributed by atoms with van der Waals surface area (Å²) in [5.74, 6) is -1.39. The predicted molar refractivity (Wildman–Crippen MR) is 76.2 cm³/mol. The van der Waals surface area contributed by atoms with Crippen molar-refractivity contribution < 1.29 is 14.7 Å². The Labute approximate surface area is 118 Å². The highest BCUT2D eigenvalue weighted by molar-refractivity contribution is 6.39. The molecule has 5 nitrogen and oxygen atoms in total. The van der Waals surface area contributed by atoms with E-state index in [1.165, 1.54) is 0 Å². The number of aliphatic hydroxyl groups is 1. The van der Waals surface area contributed by atoms with Crippen LogP contribution in [0, 0.1) is 6.92 Å². The number of aliphatic hydroxyl groups excluding tert-OH is 1. The van der Waals surface area contributed by atoms with Gasteiger partial charge in [0.15, 0.2) is 0 Å². The fourth-order valence-corrected chi connectivity index (χ4v) is 2.50. The van der Waals surface area contributed by atoms with Crippen LogP contribution < -0.4 is 10.6 Å². The standard InChI is InChI=1S/C15H20N2O3/c1-11-4-6-12(7-5-11)16-13(19)14(20)17-15(10-18)8-2-3-9-15/h4-7,18H,2-3,8-10H2,1H3,(H,16,19)(H,17,20). The van der Waals surface area contributed by atoms with E-state index in [1.54, 1.807) is 12.1 Å². The number of carbonyl (C=O) groups excluding carboxylic acids is 2. The highest BCUT2D eigenvalue weighted by Gasteiger charge is 2.36. The van der Waals surface area contributed by atoms with E-state index in [0.717, 1.165) is 18.4 Å². The van der Waals surface area contributed by atoms with Crippen molar-refractivity contribution in [1.82, 2.24) is 5.32 Å². The number of benzene rings is 1. The molecule has 0 aromatic heterocycles. The van der Waals surface area contributed by atoms with Crippen LogP contribution in [0.25, 0.3) is 0 Å². The van der Waals surface area contributed by atoms with Gasteiger partial charge in [0.2, 0.25) is 0 Å². The lowest BCUT2D eigenvalue weighted by atomic mass is 9.99. The number of aryl methyl sites for hydroxylation is 1. The fourth-order valence-electron chi connectivity index (χ4n) is 2.50. The summed E-state index contributed by atoms with van der Waals surface area (Å²) in [6, 6.07) is 7.22. The zero-order valence-corrected chi connectivity index (χ0v) is 11.6. The number of amides is 2. The van der Waals surface area contributed by atoms with Crippen LogP contribution in [0.3, 0.4) is 0 Å². The number of hydrogen-bond acceptors (Lipinski definition) is 3. The molecule has 3 N–H and O–H groups in total. The first kappa shape index (κ1) is 14.5. The maximum absolute atomic E-state index is 11.9. The van der Waals surface area contributed by atoms with Gasteiger partial charge >= 0.3 is 11.8 Å². The second kappa shape index (κ2) is 6.05. The molecule has 0 bridgehead atoms. The molecule has 1 fully saturated rings. The van der Waals surface area contributed by atoms with Gasteiger partial charge in [-0.1, -0.05) is 30.5 Å². The first-order valence-electron chi connectivity index (χ1n) is 6.86. The van der Waals surface area contributed by atoms with Crippen LogP contribution in [0.4, 0.5) is 5.69 Å². The SMILES string of the molecule is Cc1ccc(NC(=O)C(=O)NC2(CO)CCCC2)cc1. The average molecular weight is 276 g/mol. The summed E-state index contributed by atoms with van der Waals surface area (Å²) >= 11 is 0. The average Bonchev–Trinajstić information content (AvgIpc) is 2.90. The summed E-state index contributed by atoms with van der Waals surface area (Å²) in [5, 5.41) is 14.6. The third-order valence-corrected chi connectivity index (χ3v) is 3.76. The molecular formula is C15H20N2O3. The second-order valence-corrected chi connectivity index (χ2v) is 5.42. The minimum atomic E-state index is -0.700. The monoisotopic (exact) mass is 276 g/mol. The maximum Gasteiger partial charge on any atom is 0.313 e. The van der Waals surface area contributed by atoms with Crippen molar-refractivity contribution in [3.8, 4) is 0 Å². The minimum absolute atomic E-state index is 0.128. The molecule has 0 saturated heterocycles. The Morgan fingerprint density at radius 3 is 2.30 bits per heavy atom. The van der Waals surface area contributed by atoms with Gasteiger partial charge in [-0.3, -0.25) is 9.59 Å². The van der Waals surface area contributed by atoms with Gasteiger partial charge in [0.1, 0.15) is 0 Å². The minimum Gasteiger partial charge on any atom is -0.394 e. The van der Waals surface area contributed by atoms with Gasteiger partial charge in [0, 0.05) is 5.69 Å². The Morgan fingerprint density at radius 1 is 1.15 bits per heavy atom. The van der Waals surface area contributed by atoms with Gasteiger partial charge in [-0.2, -0.15) is 0 Å². The highest BCUT2D eigenvalue weighted by atomic mass is 16.3.